The molecule has 1 aliphatic rings. The number of hydrogen-bond donors (Lipinski definition) is 0. The molecule has 0 bridgehead atoms. The smallest absolute Gasteiger partial charge is 0.226 e. The summed E-state index contributed by atoms with van der Waals surface area (Å²) in [6.07, 6.45) is 3.28. The highest BCUT2D eigenvalue weighted by Crippen LogP contribution is 2.08. The van der Waals surface area contributed by atoms with Crippen molar-refractivity contribution in [2.24, 2.45) is 0 Å². The maximum Gasteiger partial charge on any atom is 0.226 e. The third-order valence-corrected chi connectivity index (χ3v) is 1.33. The van der Waals surface area contributed by atoms with Crippen molar-refractivity contribution >= 4 is 5.91 Å². The minimum atomic E-state index is 0. The molecule has 1 aliphatic heterocycles. The van der Waals surface area contributed by atoms with Gasteiger partial charge in [0, 0.05) is 13.0 Å². The van der Waals surface area contributed by atoms with Gasteiger partial charge in [-0.05, 0) is 12.6 Å². The molecule has 0 aromatic rings. The quantitative estimate of drug-likeness (QED) is 0.518. The lowest BCUT2D eigenvalue weighted by atomic mass is 10.4. The van der Waals surface area contributed by atoms with Crippen molar-refractivity contribution < 1.29 is 9.50 Å². The summed E-state index contributed by atoms with van der Waals surface area (Å²) in [5.41, 5.74) is 0. The largest absolute Gasteiger partial charge is 0.320 e. The van der Waals surface area contributed by atoms with Gasteiger partial charge in [0.1, 0.15) is 0 Å². The van der Waals surface area contributed by atoms with Crippen LogP contribution >= 0.6 is 0 Å². The minimum Gasteiger partial charge on any atom is -0.320 e. The first-order chi connectivity index (χ1) is 3.84. The summed E-state index contributed by atoms with van der Waals surface area (Å²) in [5.74, 6) is 0.208. The number of nitrogens with zero attached hydrogens (tertiary/aromatic N) is 1. The van der Waals surface area contributed by atoms with Crippen LogP contribution in [0.3, 0.4) is 0 Å². The Morgan fingerprint density at radius 1 is 1.67 bits per heavy atom. The Bertz CT molecular complexity index is 124. The molecule has 1 fully saturated rings. The molecule has 1 amide bonds. The average molecular weight is 131 g/mol. The fourth-order valence-corrected chi connectivity index (χ4v) is 0.862. The van der Waals surface area contributed by atoms with Gasteiger partial charge >= 0.3 is 0 Å². The van der Waals surface area contributed by atoms with Crippen molar-refractivity contribution in [2.45, 2.75) is 12.8 Å². The van der Waals surface area contributed by atoms with Gasteiger partial charge in [-0.1, -0.05) is 6.58 Å². The highest BCUT2D eigenvalue weighted by atomic mass is 19.0. The molecule has 0 spiro atoms. The fraction of sp³-hybridized carbons (Fsp3) is 0.500. The predicted octanol–water partition coefficient (Wildman–Crippen LogP) is 0.905. The molecule has 52 valence electrons. The van der Waals surface area contributed by atoms with Crippen molar-refractivity contribution in [3.05, 3.63) is 12.8 Å². The van der Waals surface area contributed by atoms with Crippen LogP contribution in [0, 0.1) is 0 Å². The molecule has 0 saturated carbocycles. The van der Waals surface area contributed by atoms with E-state index in [1.165, 1.54) is 0 Å². The van der Waals surface area contributed by atoms with Crippen molar-refractivity contribution in [2.75, 3.05) is 6.54 Å². The van der Waals surface area contributed by atoms with E-state index < -0.39 is 0 Å². The van der Waals surface area contributed by atoms with Gasteiger partial charge in [0.2, 0.25) is 5.91 Å². The maximum absolute atomic E-state index is 10.7. The van der Waals surface area contributed by atoms with Gasteiger partial charge in [0.15, 0.2) is 0 Å². The van der Waals surface area contributed by atoms with Gasteiger partial charge in [-0.3, -0.25) is 9.50 Å². The topological polar surface area (TPSA) is 20.3 Å². The second-order valence-electron chi connectivity index (χ2n) is 1.87. The lowest BCUT2D eigenvalue weighted by Crippen LogP contribution is -2.16. The van der Waals surface area contributed by atoms with Gasteiger partial charge in [0.25, 0.3) is 0 Å². The van der Waals surface area contributed by atoms with E-state index in [9.17, 15) is 4.79 Å². The van der Waals surface area contributed by atoms with E-state index in [1.54, 1.807) is 11.1 Å². The standard InChI is InChI=1S/C6H9NO.FH/c1-2-7-5-3-4-6(7)8;/h2H,1,3-5H2;1H. The molecule has 0 unspecified atom stereocenters. The normalized spacial score (nSPS) is 17.3. The number of halogens is 1. The Labute approximate surface area is 53.5 Å². The number of likely N-dealkylation sites (tertiary alicyclic amines) is 1. The van der Waals surface area contributed by atoms with Crippen LogP contribution in [0.1, 0.15) is 12.8 Å². The molecular weight excluding hydrogens is 121 g/mol. The van der Waals surface area contributed by atoms with Crippen LogP contribution in [0.5, 0.6) is 0 Å². The van der Waals surface area contributed by atoms with Crippen molar-refractivity contribution in [3.8, 4) is 0 Å². The molecule has 9 heavy (non-hydrogen) atoms. The monoisotopic (exact) mass is 131 g/mol. The zero-order valence-corrected chi connectivity index (χ0v) is 5.17. The number of amides is 1. The second kappa shape index (κ2) is 3.22. The molecule has 0 aliphatic carbocycles. The van der Waals surface area contributed by atoms with E-state index in [-0.39, 0.29) is 10.6 Å². The summed E-state index contributed by atoms with van der Waals surface area (Å²) in [7, 11) is 0. The van der Waals surface area contributed by atoms with E-state index >= 15 is 0 Å². The predicted molar refractivity (Wildman–Crippen MR) is 33.6 cm³/mol. The van der Waals surface area contributed by atoms with Gasteiger partial charge in [0.05, 0.1) is 0 Å². The molecule has 0 atom stereocenters. The molecule has 3 heteroatoms. The number of carbonyl (C=O) groups excluding carboxylic acids is 1. The van der Waals surface area contributed by atoms with Crippen LogP contribution in [-0.4, -0.2) is 17.4 Å². The zero-order chi connectivity index (χ0) is 5.98. The lowest BCUT2D eigenvalue weighted by Gasteiger charge is -2.05. The van der Waals surface area contributed by atoms with E-state index in [2.05, 4.69) is 6.58 Å². The molecule has 1 saturated heterocycles. The van der Waals surface area contributed by atoms with Crippen molar-refractivity contribution in [3.63, 3.8) is 0 Å². The zero-order valence-electron chi connectivity index (χ0n) is 5.17. The lowest BCUT2D eigenvalue weighted by molar-refractivity contribution is -0.125. The highest BCUT2D eigenvalue weighted by molar-refractivity contribution is 5.78. The van der Waals surface area contributed by atoms with Crippen molar-refractivity contribution in [1.82, 2.24) is 4.90 Å². The van der Waals surface area contributed by atoms with E-state index in [0.29, 0.717) is 6.42 Å². The Morgan fingerprint density at radius 3 is 2.56 bits per heavy atom. The molecule has 2 nitrogen and oxygen atoms in total. The summed E-state index contributed by atoms with van der Waals surface area (Å²) in [6.45, 7) is 4.36. The minimum absolute atomic E-state index is 0. The Balaban J connectivity index is 0.000000640. The Kier molecular flexibility index (Phi) is 2.91. The molecular formula is C6H10FNO. The summed E-state index contributed by atoms with van der Waals surface area (Å²) >= 11 is 0. The molecule has 0 radical (unpaired) electrons. The van der Waals surface area contributed by atoms with Gasteiger partial charge in [-0.15, -0.1) is 0 Å². The fourth-order valence-electron chi connectivity index (χ4n) is 0.862. The van der Waals surface area contributed by atoms with Crippen LogP contribution in [0.2, 0.25) is 0 Å². The maximum atomic E-state index is 10.7. The first-order valence-electron chi connectivity index (χ1n) is 2.76. The summed E-state index contributed by atoms with van der Waals surface area (Å²) in [5, 5.41) is 0. The Hall–Kier alpha value is -0.860. The van der Waals surface area contributed by atoms with Crippen LogP contribution in [0.4, 0.5) is 4.70 Å². The Morgan fingerprint density at radius 2 is 2.33 bits per heavy atom. The van der Waals surface area contributed by atoms with Gasteiger partial charge < -0.3 is 4.90 Å². The van der Waals surface area contributed by atoms with Gasteiger partial charge in [-0.25, -0.2) is 0 Å². The molecule has 0 aromatic carbocycles. The second-order valence-corrected chi connectivity index (χ2v) is 1.87. The third-order valence-electron chi connectivity index (χ3n) is 1.33. The summed E-state index contributed by atoms with van der Waals surface area (Å²) in [6, 6.07) is 0. The van der Waals surface area contributed by atoms with Crippen LogP contribution in [-0.2, 0) is 4.79 Å². The van der Waals surface area contributed by atoms with E-state index in [4.69, 9.17) is 0 Å². The summed E-state index contributed by atoms with van der Waals surface area (Å²) in [4.78, 5) is 12.3. The van der Waals surface area contributed by atoms with E-state index in [1.807, 2.05) is 0 Å². The molecule has 0 aromatic heterocycles. The highest BCUT2D eigenvalue weighted by Gasteiger charge is 2.15. The van der Waals surface area contributed by atoms with Crippen LogP contribution in [0.25, 0.3) is 0 Å². The number of carbonyl (C=O) groups is 1. The number of rotatable bonds is 1. The average Bonchev–Trinajstić information content (AvgIpc) is 2.14. The summed E-state index contributed by atoms with van der Waals surface area (Å²) < 4.78 is 0. The van der Waals surface area contributed by atoms with Crippen LogP contribution < -0.4 is 0 Å². The van der Waals surface area contributed by atoms with Crippen LogP contribution in [0.15, 0.2) is 12.8 Å². The third kappa shape index (κ3) is 1.52. The molecule has 0 N–H and O–H groups in total. The van der Waals surface area contributed by atoms with Gasteiger partial charge in [-0.2, -0.15) is 0 Å². The molecule has 1 rings (SSSR count). The molecule has 1 heterocycles. The first-order valence-corrected chi connectivity index (χ1v) is 2.76. The number of hydrogen-bond acceptors (Lipinski definition) is 1. The first kappa shape index (κ1) is 8.14. The SMILES string of the molecule is C=CN1CCCC1=O.F. The van der Waals surface area contributed by atoms with E-state index in [0.717, 1.165) is 13.0 Å². The van der Waals surface area contributed by atoms with Crippen molar-refractivity contribution in [1.29, 1.82) is 0 Å².